The van der Waals surface area contributed by atoms with Crippen molar-refractivity contribution in [1.29, 1.82) is 0 Å². The van der Waals surface area contributed by atoms with Crippen LogP contribution in [0.3, 0.4) is 0 Å². The summed E-state index contributed by atoms with van der Waals surface area (Å²) in [5, 5.41) is 7.20. The first-order chi connectivity index (χ1) is 10.0. The van der Waals surface area contributed by atoms with Crippen LogP contribution in [0.15, 0.2) is 4.52 Å². The van der Waals surface area contributed by atoms with Crippen molar-refractivity contribution >= 4 is 15.8 Å². The van der Waals surface area contributed by atoms with E-state index in [9.17, 15) is 8.42 Å². The summed E-state index contributed by atoms with van der Waals surface area (Å²) in [6, 6.07) is -0.135. The van der Waals surface area contributed by atoms with E-state index in [1.807, 2.05) is 0 Å². The van der Waals surface area contributed by atoms with Gasteiger partial charge in [-0.1, -0.05) is 0 Å². The first-order valence-electron chi connectivity index (χ1n) is 7.22. The quantitative estimate of drug-likeness (QED) is 0.740. The second-order valence-electron chi connectivity index (χ2n) is 5.75. The van der Waals surface area contributed by atoms with Crippen LogP contribution < -0.4 is 10.2 Å². The van der Waals surface area contributed by atoms with Crippen molar-refractivity contribution in [2.75, 3.05) is 56.2 Å². The van der Waals surface area contributed by atoms with E-state index in [1.54, 1.807) is 0 Å². The maximum absolute atomic E-state index is 11.6. The zero-order valence-electron chi connectivity index (χ0n) is 12.2. The molecule has 0 bridgehead atoms. The standard InChI is InChI=1S/C12H21N5O3S/c1-16-3-5-17(6-4-16)12-14-11(20-15-12)8-10-9-21(18,19)7-2-13-10/h10,13H,2-9H2,1H3. The van der Waals surface area contributed by atoms with Gasteiger partial charge in [-0.3, -0.25) is 0 Å². The fraction of sp³-hybridized carbons (Fsp3) is 0.833. The number of nitrogens with one attached hydrogen (secondary N) is 1. The molecule has 0 amide bonds. The maximum atomic E-state index is 11.6. The van der Waals surface area contributed by atoms with Crippen LogP contribution in [-0.2, 0) is 16.3 Å². The van der Waals surface area contributed by atoms with Crippen LogP contribution in [0.2, 0.25) is 0 Å². The third-order valence-corrected chi connectivity index (χ3v) is 5.70. The summed E-state index contributed by atoms with van der Waals surface area (Å²) in [5.74, 6) is 1.45. The highest BCUT2D eigenvalue weighted by atomic mass is 32.2. The number of sulfone groups is 1. The average Bonchev–Trinajstić information content (AvgIpc) is 2.87. The number of piperazine rings is 1. The van der Waals surface area contributed by atoms with Crippen molar-refractivity contribution in [3.05, 3.63) is 5.89 Å². The predicted octanol–water partition coefficient (Wildman–Crippen LogP) is -1.25. The minimum Gasteiger partial charge on any atom is -0.337 e. The molecule has 118 valence electrons. The fourth-order valence-electron chi connectivity index (χ4n) is 2.67. The largest absolute Gasteiger partial charge is 0.337 e. The molecule has 0 aliphatic carbocycles. The Labute approximate surface area is 124 Å². The Hall–Kier alpha value is -1.19. The molecule has 1 N–H and O–H groups in total. The Bertz CT molecular complexity index is 579. The minimum absolute atomic E-state index is 0.135. The van der Waals surface area contributed by atoms with E-state index in [2.05, 4.69) is 32.3 Å². The number of aromatic nitrogens is 2. The smallest absolute Gasteiger partial charge is 0.266 e. The zero-order valence-corrected chi connectivity index (χ0v) is 13.0. The second kappa shape index (κ2) is 5.90. The van der Waals surface area contributed by atoms with E-state index in [1.165, 1.54) is 0 Å². The Kier molecular flexibility index (Phi) is 4.14. The molecule has 2 aliphatic heterocycles. The van der Waals surface area contributed by atoms with Gasteiger partial charge in [-0.05, 0) is 12.2 Å². The summed E-state index contributed by atoms with van der Waals surface area (Å²) in [7, 11) is -0.849. The highest BCUT2D eigenvalue weighted by molar-refractivity contribution is 7.91. The van der Waals surface area contributed by atoms with Gasteiger partial charge < -0.3 is 19.6 Å². The number of nitrogens with zero attached hydrogens (tertiary/aromatic N) is 4. The van der Waals surface area contributed by atoms with Gasteiger partial charge in [0.25, 0.3) is 5.95 Å². The lowest BCUT2D eigenvalue weighted by Crippen LogP contribution is -2.46. The van der Waals surface area contributed by atoms with Gasteiger partial charge in [0.15, 0.2) is 9.84 Å². The minimum atomic E-state index is -2.94. The average molecular weight is 315 g/mol. The monoisotopic (exact) mass is 315 g/mol. The highest BCUT2D eigenvalue weighted by Crippen LogP contribution is 2.14. The lowest BCUT2D eigenvalue weighted by atomic mass is 10.2. The lowest BCUT2D eigenvalue weighted by Gasteiger charge is -2.31. The van der Waals surface area contributed by atoms with Gasteiger partial charge in [0.1, 0.15) is 0 Å². The second-order valence-corrected chi connectivity index (χ2v) is 7.98. The van der Waals surface area contributed by atoms with Crippen LogP contribution in [0.5, 0.6) is 0 Å². The Balaban J connectivity index is 1.60. The lowest BCUT2D eigenvalue weighted by molar-refractivity contribution is 0.308. The van der Waals surface area contributed by atoms with Gasteiger partial charge in [0, 0.05) is 45.2 Å². The Morgan fingerprint density at radius 3 is 2.81 bits per heavy atom. The number of likely N-dealkylation sites (N-methyl/N-ethyl adjacent to an activating group) is 1. The van der Waals surface area contributed by atoms with Crippen molar-refractivity contribution in [2.24, 2.45) is 0 Å². The molecule has 0 saturated carbocycles. The van der Waals surface area contributed by atoms with E-state index in [4.69, 9.17) is 4.52 Å². The molecule has 21 heavy (non-hydrogen) atoms. The van der Waals surface area contributed by atoms with E-state index in [0.717, 1.165) is 26.2 Å². The Morgan fingerprint density at radius 2 is 2.10 bits per heavy atom. The first kappa shape index (κ1) is 14.7. The molecule has 3 heterocycles. The summed E-state index contributed by atoms with van der Waals surface area (Å²) in [6.07, 6.45) is 0.458. The molecule has 1 atom stereocenters. The molecule has 9 heteroatoms. The van der Waals surface area contributed by atoms with Crippen LogP contribution in [-0.4, -0.2) is 80.8 Å². The third kappa shape index (κ3) is 3.72. The number of hydrogen-bond donors (Lipinski definition) is 1. The van der Waals surface area contributed by atoms with Gasteiger partial charge in [-0.25, -0.2) is 8.42 Å². The van der Waals surface area contributed by atoms with Gasteiger partial charge in [-0.15, -0.1) is 0 Å². The molecule has 0 aromatic carbocycles. The molecule has 0 spiro atoms. The molecule has 2 saturated heterocycles. The van der Waals surface area contributed by atoms with Crippen LogP contribution in [0, 0.1) is 0 Å². The van der Waals surface area contributed by atoms with Gasteiger partial charge >= 0.3 is 0 Å². The van der Waals surface area contributed by atoms with Gasteiger partial charge in [0.2, 0.25) is 5.89 Å². The van der Waals surface area contributed by atoms with Gasteiger partial charge in [-0.2, -0.15) is 4.98 Å². The molecule has 1 aromatic rings. The normalized spacial score (nSPS) is 26.9. The van der Waals surface area contributed by atoms with Crippen molar-refractivity contribution < 1.29 is 12.9 Å². The zero-order chi connectivity index (χ0) is 14.9. The third-order valence-electron chi connectivity index (χ3n) is 3.97. The molecule has 0 radical (unpaired) electrons. The maximum Gasteiger partial charge on any atom is 0.266 e. The summed E-state index contributed by atoms with van der Waals surface area (Å²) in [6.45, 7) is 4.21. The van der Waals surface area contributed by atoms with Crippen molar-refractivity contribution in [3.63, 3.8) is 0 Å². The van der Waals surface area contributed by atoms with Crippen LogP contribution in [0.1, 0.15) is 5.89 Å². The fourth-order valence-corrected chi connectivity index (χ4v) is 4.12. The van der Waals surface area contributed by atoms with Crippen molar-refractivity contribution in [2.45, 2.75) is 12.5 Å². The number of hydrogen-bond acceptors (Lipinski definition) is 8. The topological polar surface area (TPSA) is 91.6 Å². The van der Waals surface area contributed by atoms with Gasteiger partial charge in [0.05, 0.1) is 11.5 Å². The predicted molar refractivity (Wildman–Crippen MR) is 78.2 cm³/mol. The molecule has 2 aliphatic rings. The van der Waals surface area contributed by atoms with E-state index in [0.29, 0.717) is 24.8 Å². The molecule has 1 aromatic heterocycles. The van der Waals surface area contributed by atoms with Crippen LogP contribution >= 0.6 is 0 Å². The van der Waals surface area contributed by atoms with E-state index >= 15 is 0 Å². The van der Waals surface area contributed by atoms with Crippen LogP contribution in [0.4, 0.5) is 5.95 Å². The molecule has 3 rings (SSSR count). The molecular formula is C12H21N5O3S. The van der Waals surface area contributed by atoms with E-state index in [-0.39, 0.29) is 17.5 Å². The number of anilines is 1. The first-order valence-corrected chi connectivity index (χ1v) is 9.04. The van der Waals surface area contributed by atoms with E-state index < -0.39 is 9.84 Å². The molecule has 8 nitrogen and oxygen atoms in total. The summed E-state index contributed by atoms with van der Waals surface area (Å²) in [5.41, 5.74) is 0. The molecule has 1 unspecified atom stereocenters. The highest BCUT2D eigenvalue weighted by Gasteiger charge is 2.26. The Morgan fingerprint density at radius 1 is 1.33 bits per heavy atom. The SMILES string of the molecule is CN1CCN(c2noc(CC3CS(=O)(=O)CCN3)n2)CC1. The number of rotatable bonds is 3. The van der Waals surface area contributed by atoms with Crippen molar-refractivity contribution in [3.8, 4) is 0 Å². The summed E-state index contributed by atoms with van der Waals surface area (Å²) >= 11 is 0. The summed E-state index contributed by atoms with van der Waals surface area (Å²) < 4.78 is 28.5. The van der Waals surface area contributed by atoms with Crippen LogP contribution in [0.25, 0.3) is 0 Å². The van der Waals surface area contributed by atoms with Crippen molar-refractivity contribution in [1.82, 2.24) is 20.4 Å². The molecule has 2 fully saturated rings. The summed E-state index contributed by atoms with van der Waals surface area (Å²) in [4.78, 5) is 8.75. The molecular weight excluding hydrogens is 294 g/mol.